The molecule has 1 N–H and O–H groups in total. The molecule has 2 aromatic carbocycles. The number of thiocarbonyl (C=S) groups is 1. The Bertz CT molecular complexity index is 823. The first kappa shape index (κ1) is 12.2. The largest absolute Gasteiger partial charge is 0.348 e. The molecule has 0 unspecified atom stereocenters. The maximum Gasteiger partial charge on any atom is 0.168 e. The maximum absolute atomic E-state index is 5.38. The molecule has 3 aromatic rings. The van der Waals surface area contributed by atoms with Crippen LogP contribution in [0.5, 0.6) is 0 Å². The van der Waals surface area contributed by atoms with E-state index in [4.69, 9.17) is 12.2 Å². The van der Waals surface area contributed by atoms with Crippen LogP contribution in [0.4, 0.5) is 5.69 Å². The number of fused-ring (bicyclic) bond motifs is 3. The topological polar surface area (TPSA) is 42.7 Å². The normalized spacial score (nSPS) is 13.0. The number of hydrogen-bond acceptors (Lipinski definition) is 3. The predicted octanol–water partition coefficient (Wildman–Crippen LogP) is 3.23. The van der Waals surface area contributed by atoms with Crippen molar-refractivity contribution in [3.8, 4) is 17.1 Å². The Morgan fingerprint density at radius 3 is 2.57 bits per heavy atom. The first-order valence-corrected chi connectivity index (χ1v) is 7.13. The molecule has 0 bridgehead atoms. The quantitative estimate of drug-likeness (QED) is 0.699. The van der Waals surface area contributed by atoms with Gasteiger partial charge in [-0.1, -0.05) is 54.7 Å². The highest BCUT2D eigenvalue weighted by molar-refractivity contribution is 7.80. The number of para-hydroxylation sites is 2. The molecule has 102 valence electrons. The van der Waals surface area contributed by atoms with E-state index in [9.17, 15) is 0 Å². The third-order valence-corrected chi connectivity index (χ3v) is 3.75. The van der Waals surface area contributed by atoms with E-state index in [1.807, 2.05) is 48.5 Å². The van der Waals surface area contributed by atoms with Crippen molar-refractivity contribution in [3.05, 3.63) is 60.4 Å². The van der Waals surface area contributed by atoms with E-state index in [0.717, 1.165) is 33.6 Å². The van der Waals surface area contributed by atoms with Gasteiger partial charge in [-0.15, -0.1) is 10.2 Å². The molecular formula is C16H12N4S. The summed E-state index contributed by atoms with van der Waals surface area (Å²) in [5, 5.41) is 12.0. The highest BCUT2D eigenvalue weighted by Crippen LogP contribution is 2.30. The van der Waals surface area contributed by atoms with E-state index >= 15 is 0 Å². The monoisotopic (exact) mass is 292 g/mol. The van der Waals surface area contributed by atoms with Crippen LogP contribution in [-0.2, 0) is 6.42 Å². The summed E-state index contributed by atoms with van der Waals surface area (Å²) in [6.45, 7) is 0. The van der Waals surface area contributed by atoms with Crippen LogP contribution in [0.25, 0.3) is 17.1 Å². The van der Waals surface area contributed by atoms with Crippen LogP contribution in [0.3, 0.4) is 0 Å². The Labute approximate surface area is 127 Å². The lowest BCUT2D eigenvalue weighted by atomic mass is 10.2. The maximum atomic E-state index is 5.38. The molecule has 0 aliphatic carbocycles. The molecule has 0 spiro atoms. The van der Waals surface area contributed by atoms with Crippen molar-refractivity contribution in [3.63, 3.8) is 0 Å². The average Bonchev–Trinajstić information content (AvgIpc) is 2.86. The van der Waals surface area contributed by atoms with Crippen LogP contribution < -0.4 is 5.32 Å². The molecule has 1 aliphatic rings. The van der Waals surface area contributed by atoms with E-state index in [0.29, 0.717) is 6.42 Å². The molecule has 21 heavy (non-hydrogen) atoms. The lowest BCUT2D eigenvalue weighted by Gasteiger charge is -2.11. The highest BCUT2D eigenvalue weighted by atomic mass is 32.1. The van der Waals surface area contributed by atoms with Crippen molar-refractivity contribution < 1.29 is 0 Å². The van der Waals surface area contributed by atoms with Crippen LogP contribution in [0, 0.1) is 0 Å². The molecule has 0 radical (unpaired) electrons. The number of aromatic nitrogens is 3. The Hall–Kier alpha value is -2.53. The number of nitrogens with zero attached hydrogens (tertiary/aromatic N) is 3. The summed E-state index contributed by atoms with van der Waals surface area (Å²) in [5.74, 6) is 1.70. The molecule has 0 amide bonds. The van der Waals surface area contributed by atoms with Crippen LogP contribution >= 0.6 is 12.2 Å². The van der Waals surface area contributed by atoms with E-state index < -0.39 is 0 Å². The molecule has 4 nitrogen and oxygen atoms in total. The van der Waals surface area contributed by atoms with E-state index in [2.05, 4.69) is 26.1 Å². The third kappa shape index (κ3) is 2.02. The minimum Gasteiger partial charge on any atom is -0.348 e. The molecule has 5 heteroatoms. The third-order valence-electron chi connectivity index (χ3n) is 3.50. The smallest absolute Gasteiger partial charge is 0.168 e. The number of rotatable bonds is 1. The lowest BCUT2D eigenvalue weighted by Crippen LogP contribution is -2.10. The van der Waals surface area contributed by atoms with Crippen molar-refractivity contribution in [2.24, 2.45) is 0 Å². The molecule has 0 fully saturated rings. The number of anilines is 1. The molecule has 0 atom stereocenters. The summed E-state index contributed by atoms with van der Waals surface area (Å²) in [6.07, 6.45) is 0.587. The van der Waals surface area contributed by atoms with Gasteiger partial charge in [0.05, 0.1) is 22.8 Å². The zero-order chi connectivity index (χ0) is 14.2. The zero-order valence-corrected chi connectivity index (χ0v) is 12.0. The lowest BCUT2D eigenvalue weighted by molar-refractivity contribution is 0.952. The first-order chi connectivity index (χ1) is 10.3. The summed E-state index contributed by atoms with van der Waals surface area (Å²) in [7, 11) is 0. The fraction of sp³-hybridized carbons (Fsp3) is 0.0625. The predicted molar refractivity (Wildman–Crippen MR) is 86.7 cm³/mol. The van der Waals surface area contributed by atoms with E-state index in [-0.39, 0.29) is 0 Å². The van der Waals surface area contributed by atoms with Crippen LogP contribution in [0.15, 0.2) is 54.6 Å². The van der Waals surface area contributed by atoms with Gasteiger partial charge in [-0.3, -0.25) is 4.57 Å². The minimum absolute atomic E-state index is 0.587. The van der Waals surface area contributed by atoms with Gasteiger partial charge in [0.15, 0.2) is 5.82 Å². The summed E-state index contributed by atoms with van der Waals surface area (Å²) in [5.41, 5.74) is 3.05. The van der Waals surface area contributed by atoms with Gasteiger partial charge in [-0.25, -0.2) is 0 Å². The summed E-state index contributed by atoms with van der Waals surface area (Å²) >= 11 is 5.38. The minimum atomic E-state index is 0.587. The van der Waals surface area contributed by atoms with Crippen molar-refractivity contribution in [2.45, 2.75) is 6.42 Å². The number of benzene rings is 2. The van der Waals surface area contributed by atoms with Crippen LogP contribution in [0.1, 0.15) is 5.82 Å². The first-order valence-electron chi connectivity index (χ1n) is 6.72. The van der Waals surface area contributed by atoms with Gasteiger partial charge in [0, 0.05) is 5.56 Å². The zero-order valence-electron chi connectivity index (χ0n) is 11.2. The van der Waals surface area contributed by atoms with E-state index in [1.165, 1.54) is 0 Å². The van der Waals surface area contributed by atoms with Crippen molar-refractivity contribution >= 4 is 22.9 Å². The highest BCUT2D eigenvalue weighted by Gasteiger charge is 2.21. The van der Waals surface area contributed by atoms with E-state index in [1.54, 1.807) is 0 Å². The summed E-state index contributed by atoms with van der Waals surface area (Å²) in [6, 6.07) is 18.1. The van der Waals surface area contributed by atoms with Gasteiger partial charge >= 0.3 is 0 Å². The molecule has 1 aromatic heterocycles. The van der Waals surface area contributed by atoms with Crippen molar-refractivity contribution in [1.82, 2.24) is 14.8 Å². The number of hydrogen-bond donors (Lipinski definition) is 1. The van der Waals surface area contributed by atoms with Crippen LogP contribution in [0.2, 0.25) is 0 Å². The molecule has 2 heterocycles. The number of nitrogens with one attached hydrogen (secondary N) is 1. The fourth-order valence-electron chi connectivity index (χ4n) is 2.57. The summed E-state index contributed by atoms with van der Waals surface area (Å²) in [4.78, 5) is 0.758. The van der Waals surface area contributed by atoms with Gasteiger partial charge in [-0.2, -0.15) is 0 Å². The van der Waals surface area contributed by atoms with Crippen LogP contribution in [-0.4, -0.2) is 19.8 Å². The summed E-state index contributed by atoms with van der Waals surface area (Å²) < 4.78 is 2.08. The van der Waals surface area contributed by atoms with Gasteiger partial charge in [0.2, 0.25) is 0 Å². The second-order valence-corrected chi connectivity index (χ2v) is 5.38. The average molecular weight is 292 g/mol. The molecular weight excluding hydrogens is 280 g/mol. The Morgan fingerprint density at radius 1 is 0.952 bits per heavy atom. The Morgan fingerprint density at radius 2 is 1.71 bits per heavy atom. The van der Waals surface area contributed by atoms with Gasteiger partial charge in [-0.05, 0) is 12.1 Å². The fourth-order valence-corrected chi connectivity index (χ4v) is 2.81. The molecule has 4 rings (SSSR count). The molecule has 1 aliphatic heterocycles. The molecule has 0 saturated carbocycles. The SMILES string of the molecule is S=C1Cc2nnc(-c3ccccc3)n2-c2ccccc2N1. The van der Waals surface area contributed by atoms with Crippen molar-refractivity contribution in [2.75, 3.05) is 5.32 Å². The Balaban J connectivity index is 2.00. The molecule has 0 saturated heterocycles. The standard InChI is InChI=1S/C16H12N4S/c21-15-10-14-18-19-16(11-6-2-1-3-7-11)20(14)13-9-5-4-8-12(13)17-15/h1-9H,10H2,(H,17,21). The van der Waals surface area contributed by atoms with Crippen molar-refractivity contribution in [1.29, 1.82) is 0 Å². The van der Waals surface area contributed by atoms with Gasteiger partial charge < -0.3 is 5.32 Å². The van der Waals surface area contributed by atoms with Gasteiger partial charge in [0.1, 0.15) is 5.82 Å². The Kier molecular flexibility index (Phi) is 2.79. The van der Waals surface area contributed by atoms with Gasteiger partial charge in [0.25, 0.3) is 0 Å². The second-order valence-electron chi connectivity index (χ2n) is 4.88. The second kappa shape index (κ2) is 4.79.